The van der Waals surface area contributed by atoms with E-state index in [-0.39, 0.29) is 12.4 Å². The van der Waals surface area contributed by atoms with E-state index in [1.165, 1.54) is 18.2 Å². The van der Waals surface area contributed by atoms with E-state index in [9.17, 15) is 0 Å². The van der Waals surface area contributed by atoms with Gasteiger partial charge in [0.15, 0.2) is 0 Å². The number of hydrogen-bond acceptors (Lipinski definition) is 1. The molecule has 0 bridgehead atoms. The van der Waals surface area contributed by atoms with Crippen LogP contribution >= 0.6 is 24.0 Å². The lowest BCUT2D eigenvalue weighted by Crippen LogP contribution is -1.69. The summed E-state index contributed by atoms with van der Waals surface area (Å²) in [6.07, 6.45) is 1.16. The van der Waals surface area contributed by atoms with Crippen molar-refractivity contribution < 1.29 is 0 Å². The van der Waals surface area contributed by atoms with Gasteiger partial charge in [0.1, 0.15) is 0 Å². The molecular weight excluding hydrogens is 181 g/mol. The van der Waals surface area contributed by atoms with Crippen LogP contribution in [-0.2, 0) is 6.42 Å². The Morgan fingerprint density at radius 3 is 2.36 bits per heavy atom. The van der Waals surface area contributed by atoms with Crippen LogP contribution in [-0.4, -0.2) is 7.05 Å². The molecule has 2 N–H and O–H groups in total. The Morgan fingerprint density at radius 1 is 1.27 bits per heavy atom. The van der Waals surface area contributed by atoms with Gasteiger partial charge in [-0.15, -0.1) is 12.4 Å². The fraction of sp³-hybridized carbons (Fsp3) is 0.250. The Bertz CT molecular complexity index is 235. The average molecular weight is 192 g/mol. The van der Waals surface area contributed by atoms with Crippen molar-refractivity contribution in [3.8, 4) is 0 Å². The molecule has 0 saturated carbocycles. The van der Waals surface area contributed by atoms with Crippen LogP contribution in [0.2, 0.25) is 5.02 Å². The molecule has 62 valence electrons. The molecule has 0 spiro atoms. The maximum Gasteiger partial charge on any atom is 0.0409 e. The lowest BCUT2D eigenvalue weighted by Gasteiger charge is -1.79. The Hall–Kier alpha value is -0.240. The van der Waals surface area contributed by atoms with Crippen molar-refractivity contribution >= 4 is 24.0 Å². The van der Waals surface area contributed by atoms with Crippen LogP contribution in [0.4, 0.5) is 0 Å². The third-order valence-corrected chi connectivity index (χ3v) is 1.66. The zero-order chi connectivity index (χ0) is 7.56. The SMILES string of the molecule is CN.Cl.Clc1ccc2c(c1)C2. The molecule has 1 aliphatic rings. The van der Waals surface area contributed by atoms with Gasteiger partial charge in [0.25, 0.3) is 0 Å². The van der Waals surface area contributed by atoms with Crippen LogP contribution in [0.1, 0.15) is 11.1 Å². The second kappa shape index (κ2) is 4.60. The lowest BCUT2D eigenvalue weighted by atomic mass is 10.4. The fourth-order valence-electron chi connectivity index (χ4n) is 0.865. The van der Waals surface area contributed by atoms with E-state index in [1.54, 1.807) is 0 Å². The van der Waals surface area contributed by atoms with Crippen LogP contribution in [0.5, 0.6) is 0 Å². The average Bonchev–Trinajstić information content (AvgIpc) is 2.70. The van der Waals surface area contributed by atoms with E-state index in [2.05, 4.69) is 11.8 Å². The highest BCUT2D eigenvalue weighted by molar-refractivity contribution is 6.30. The smallest absolute Gasteiger partial charge is 0.0409 e. The standard InChI is InChI=1S/C7H5Cl.CH5N.ClH/c8-7-2-1-5-3-6(5)4-7;1-2;/h1-2,4H,3H2;2H2,1H3;1H. The van der Waals surface area contributed by atoms with Crippen molar-refractivity contribution in [3.05, 3.63) is 34.3 Å². The van der Waals surface area contributed by atoms with Crippen molar-refractivity contribution in [3.63, 3.8) is 0 Å². The minimum Gasteiger partial charge on any atom is -0.333 e. The first-order valence-corrected chi connectivity index (χ1v) is 3.59. The molecular formula is C8H11Cl2N. The van der Waals surface area contributed by atoms with Gasteiger partial charge in [-0.1, -0.05) is 17.7 Å². The van der Waals surface area contributed by atoms with E-state index >= 15 is 0 Å². The number of benzene rings is 1. The molecule has 2 rings (SSSR count). The molecule has 3 heteroatoms. The zero-order valence-electron chi connectivity index (χ0n) is 6.30. The van der Waals surface area contributed by atoms with E-state index in [4.69, 9.17) is 11.6 Å². The molecule has 0 radical (unpaired) electrons. The maximum absolute atomic E-state index is 5.68. The van der Waals surface area contributed by atoms with Crippen LogP contribution in [0.25, 0.3) is 0 Å². The van der Waals surface area contributed by atoms with E-state index < -0.39 is 0 Å². The van der Waals surface area contributed by atoms with Crippen LogP contribution < -0.4 is 5.73 Å². The molecule has 0 heterocycles. The van der Waals surface area contributed by atoms with Gasteiger partial charge < -0.3 is 5.73 Å². The van der Waals surface area contributed by atoms with E-state index in [0.717, 1.165) is 11.4 Å². The van der Waals surface area contributed by atoms with Crippen LogP contribution in [0.3, 0.4) is 0 Å². The molecule has 1 nitrogen and oxygen atoms in total. The summed E-state index contributed by atoms with van der Waals surface area (Å²) in [6.45, 7) is 0. The lowest BCUT2D eigenvalue weighted by molar-refractivity contribution is 1.48. The topological polar surface area (TPSA) is 26.0 Å². The Balaban J connectivity index is 0.000000311. The van der Waals surface area contributed by atoms with Crippen LogP contribution in [0, 0.1) is 0 Å². The number of hydrogen-bond donors (Lipinski definition) is 1. The van der Waals surface area contributed by atoms with Gasteiger partial charge in [0, 0.05) is 5.02 Å². The number of nitrogens with two attached hydrogens (primary N) is 1. The highest BCUT2D eigenvalue weighted by Crippen LogP contribution is 2.29. The monoisotopic (exact) mass is 191 g/mol. The predicted molar refractivity (Wildman–Crippen MR) is 51.6 cm³/mol. The van der Waals surface area contributed by atoms with Gasteiger partial charge in [-0.05, 0) is 36.7 Å². The Kier molecular flexibility index (Phi) is 4.50. The molecule has 1 aliphatic carbocycles. The summed E-state index contributed by atoms with van der Waals surface area (Å²) in [5.74, 6) is 0. The van der Waals surface area contributed by atoms with Crippen LogP contribution in [0.15, 0.2) is 18.2 Å². The summed E-state index contributed by atoms with van der Waals surface area (Å²) in [4.78, 5) is 0. The van der Waals surface area contributed by atoms with Gasteiger partial charge in [0.05, 0.1) is 0 Å². The summed E-state index contributed by atoms with van der Waals surface area (Å²) in [5, 5.41) is 0.862. The maximum atomic E-state index is 5.68. The molecule has 0 amide bonds. The van der Waals surface area contributed by atoms with E-state index in [0.29, 0.717) is 0 Å². The molecule has 0 saturated heterocycles. The number of rotatable bonds is 0. The van der Waals surface area contributed by atoms with Crippen molar-refractivity contribution in [1.82, 2.24) is 0 Å². The largest absolute Gasteiger partial charge is 0.333 e. The second-order valence-electron chi connectivity index (χ2n) is 2.09. The van der Waals surface area contributed by atoms with Crippen molar-refractivity contribution in [2.45, 2.75) is 6.42 Å². The quantitative estimate of drug-likeness (QED) is 0.680. The molecule has 11 heavy (non-hydrogen) atoms. The first kappa shape index (κ1) is 10.8. The zero-order valence-corrected chi connectivity index (χ0v) is 7.88. The first-order valence-electron chi connectivity index (χ1n) is 3.21. The minimum absolute atomic E-state index is 0. The summed E-state index contributed by atoms with van der Waals surface area (Å²) < 4.78 is 0. The molecule has 0 fully saturated rings. The van der Waals surface area contributed by atoms with Gasteiger partial charge in [-0.2, -0.15) is 0 Å². The fourth-order valence-corrected chi connectivity index (χ4v) is 1.06. The number of halogens is 2. The van der Waals surface area contributed by atoms with Gasteiger partial charge in [0.2, 0.25) is 0 Å². The summed E-state index contributed by atoms with van der Waals surface area (Å²) in [7, 11) is 1.50. The van der Waals surface area contributed by atoms with Gasteiger partial charge >= 0.3 is 0 Å². The molecule has 0 aliphatic heterocycles. The molecule has 0 unspecified atom stereocenters. The molecule has 1 aromatic carbocycles. The summed E-state index contributed by atoms with van der Waals surface area (Å²) in [6, 6.07) is 6.04. The van der Waals surface area contributed by atoms with E-state index in [1.807, 2.05) is 12.1 Å². The minimum atomic E-state index is 0. The van der Waals surface area contributed by atoms with Crippen molar-refractivity contribution in [2.24, 2.45) is 5.73 Å². The number of fused-ring (bicyclic) bond motifs is 1. The molecule has 0 atom stereocenters. The molecule has 1 aromatic rings. The van der Waals surface area contributed by atoms with Crippen molar-refractivity contribution in [1.29, 1.82) is 0 Å². The van der Waals surface area contributed by atoms with Crippen molar-refractivity contribution in [2.75, 3.05) is 7.05 Å². The third kappa shape index (κ3) is 2.70. The Labute approximate surface area is 78.0 Å². The summed E-state index contributed by atoms with van der Waals surface area (Å²) >= 11 is 5.68. The predicted octanol–water partition coefficient (Wildman–Crippen LogP) is 2.24. The molecule has 0 aromatic heterocycles. The highest BCUT2D eigenvalue weighted by Gasteiger charge is 2.14. The van der Waals surface area contributed by atoms with Gasteiger partial charge in [-0.3, -0.25) is 0 Å². The Morgan fingerprint density at radius 2 is 1.91 bits per heavy atom. The normalized spacial score (nSPS) is 10.1. The first-order chi connectivity index (χ1) is 4.86. The third-order valence-electron chi connectivity index (χ3n) is 1.42. The highest BCUT2D eigenvalue weighted by atomic mass is 35.5. The van der Waals surface area contributed by atoms with Gasteiger partial charge in [-0.25, -0.2) is 0 Å². The summed E-state index contributed by atoms with van der Waals surface area (Å²) in [5.41, 5.74) is 7.37. The second-order valence-corrected chi connectivity index (χ2v) is 2.53.